The molecule has 1 aromatic carbocycles. The molecule has 0 bridgehead atoms. The van der Waals surface area contributed by atoms with Gasteiger partial charge < -0.3 is 10.1 Å². The fourth-order valence-corrected chi connectivity index (χ4v) is 1.86. The minimum absolute atomic E-state index is 0.300. The van der Waals surface area contributed by atoms with E-state index in [4.69, 9.17) is 10.00 Å². The molecule has 2 aromatic rings. The first-order chi connectivity index (χ1) is 10.0. The lowest BCUT2D eigenvalue weighted by Crippen LogP contribution is -2.31. The molecule has 0 aliphatic heterocycles. The zero-order valence-corrected chi connectivity index (χ0v) is 12.1. The second-order valence-corrected chi connectivity index (χ2v) is 4.65. The number of nitrogens with one attached hydrogen (secondary N) is 1. The SMILES string of the molecule is Cc1cc(NC(=O)[C@@H](C)Oc2ccccc2C#N)n(C)n1. The quantitative estimate of drug-likeness (QED) is 0.931. The van der Waals surface area contributed by atoms with E-state index in [-0.39, 0.29) is 5.91 Å². The molecule has 1 aromatic heterocycles. The number of hydrogen-bond donors (Lipinski definition) is 1. The van der Waals surface area contributed by atoms with Crippen LogP contribution in [0, 0.1) is 18.3 Å². The molecule has 0 radical (unpaired) electrons. The lowest BCUT2D eigenvalue weighted by Gasteiger charge is -2.15. The second kappa shape index (κ2) is 6.09. The number of aromatic nitrogens is 2. The van der Waals surface area contributed by atoms with Gasteiger partial charge in [-0.05, 0) is 26.0 Å². The molecule has 1 heterocycles. The summed E-state index contributed by atoms with van der Waals surface area (Å²) in [5.74, 6) is 0.691. The molecule has 1 amide bonds. The summed E-state index contributed by atoms with van der Waals surface area (Å²) < 4.78 is 7.14. The predicted octanol–water partition coefficient (Wildman–Crippen LogP) is 2.01. The van der Waals surface area contributed by atoms with Crippen molar-refractivity contribution in [3.05, 3.63) is 41.6 Å². The molecular formula is C15H16N4O2. The van der Waals surface area contributed by atoms with Crippen molar-refractivity contribution in [3.63, 3.8) is 0 Å². The van der Waals surface area contributed by atoms with Crippen LogP contribution in [0.2, 0.25) is 0 Å². The molecular weight excluding hydrogens is 268 g/mol. The van der Waals surface area contributed by atoms with Gasteiger partial charge in [-0.15, -0.1) is 0 Å². The van der Waals surface area contributed by atoms with Crippen LogP contribution in [0.3, 0.4) is 0 Å². The normalized spacial score (nSPS) is 11.5. The molecule has 1 atom stereocenters. The van der Waals surface area contributed by atoms with Crippen LogP contribution in [-0.4, -0.2) is 21.8 Å². The van der Waals surface area contributed by atoms with Crippen molar-refractivity contribution in [2.24, 2.45) is 7.05 Å². The molecule has 0 saturated heterocycles. The second-order valence-electron chi connectivity index (χ2n) is 4.65. The first-order valence-corrected chi connectivity index (χ1v) is 6.48. The maximum absolute atomic E-state index is 12.1. The van der Waals surface area contributed by atoms with E-state index in [1.165, 1.54) is 0 Å². The maximum Gasteiger partial charge on any atom is 0.266 e. The Kier molecular flexibility index (Phi) is 4.24. The first-order valence-electron chi connectivity index (χ1n) is 6.48. The highest BCUT2D eigenvalue weighted by Gasteiger charge is 2.17. The average Bonchev–Trinajstić information content (AvgIpc) is 2.77. The number of benzene rings is 1. The summed E-state index contributed by atoms with van der Waals surface area (Å²) in [5, 5.41) is 15.9. The van der Waals surface area contributed by atoms with Gasteiger partial charge in [0, 0.05) is 13.1 Å². The third-order valence-corrected chi connectivity index (χ3v) is 2.93. The van der Waals surface area contributed by atoms with Crippen LogP contribution in [0.5, 0.6) is 5.75 Å². The molecule has 6 nitrogen and oxygen atoms in total. The number of ether oxygens (including phenoxy) is 1. The van der Waals surface area contributed by atoms with Gasteiger partial charge in [-0.25, -0.2) is 0 Å². The van der Waals surface area contributed by atoms with E-state index in [1.54, 1.807) is 49.0 Å². The highest BCUT2D eigenvalue weighted by Crippen LogP contribution is 2.18. The van der Waals surface area contributed by atoms with Gasteiger partial charge in [0.05, 0.1) is 11.3 Å². The van der Waals surface area contributed by atoms with E-state index >= 15 is 0 Å². The number of rotatable bonds is 4. The molecule has 0 unspecified atom stereocenters. The Morgan fingerprint density at radius 2 is 2.19 bits per heavy atom. The topological polar surface area (TPSA) is 79.9 Å². The highest BCUT2D eigenvalue weighted by molar-refractivity contribution is 5.93. The number of anilines is 1. The van der Waals surface area contributed by atoms with Gasteiger partial charge >= 0.3 is 0 Å². The van der Waals surface area contributed by atoms with Crippen molar-refractivity contribution in [1.29, 1.82) is 5.26 Å². The van der Waals surface area contributed by atoms with E-state index in [9.17, 15) is 4.79 Å². The van der Waals surface area contributed by atoms with Gasteiger partial charge in [0.15, 0.2) is 6.10 Å². The number of nitriles is 1. The zero-order chi connectivity index (χ0) is 15.4. The molecule has 21 heavy (non-hydrogen) atoms. The molecule has 0 aliphatic rings. The summed E-state index contributed by atoms with van der Waals surface area (Å²) in [6.07, 6.45) is -0.727. The standard InChI is InChI=1S/C15H16N4O2/c1-10-8-14(19(3)18-10)17-15(20)11(2)21-13-7-5-4-6-12(13)9-16/h4-8,11H,1-3H3,(H,17,20)/t11-/m1/s1. The Morgan fingerprint density at radius 3 is 2.81 bits per heavy atom. The lowest BCUT2D eigenvalue weighted by atomic mass is 10.2. The van der Waals surface area contributed by atoms with Crippen LogP contribution >= 0.6 is 0 Å². The largest absolute Gasteiger partial charge is 0.480 e. The Labute approximate surface area is 123 Å². The molecule has 0 saturated carbocycles. The Morgan fingerprint density at radius 1 is 1.48 bits per heavy atom. The van der Waals surface area contributed by atoms with Crippen molar-refractivity contribution in [1.82, 2.24) is 9.78 Å². The minimum Gasteiger partial charge on any atom is -0.480 e. The number of carbonyl (C=O) groups excluding carboxylic acids is 1. The van der Waals surface area contributed by atoms with Gasteiger partial charge in [-0.1, -0.05) is 12.1 Å². The van der Waals surface area contributed by atoms with Crippen molar-refractivity contribution in [3.8, 4) is 11.8 Å². The van der Waals surface area contributed by atoms with Gasteiger partial charge in [-0.2, -0.15) is 10.4 Å². The van der Waals surface area contributed by atoms with Crippen molar-refractivity contribution in [2.75, 3.05) is 5.32 Å². The molecule has 0 aliphatic carbocycles. The van der Waals surface area contributed by atoms with E-state index in [0.717, 1.165) is 5.69 Å². The number of hydrogen-bond acceptors (Lipinski definition) is 4. The first kappa shape index (κ1) is 14.6. The number of para-hydroxylation sites is 1. The monoisotopic (exact) mass is 284 g/mol. The van der Waals surface area contributed by atoms with Crippen molar-refractivity contribution in [2.45, 2.75) is 20.0 Å². The number of aryl methyl sites for hydroxylation is 2. The van der Waals surface area contributed by atoms with Crippen LogP contribution in [0.4, 0.5) is 5.82 Å². The number of carbonyl (C=O) groups is 1. The zero-order valence-electron chi connectivity index (χ0n) is 12.1. The summed E-state index contributed by atoms with van der Waals surface area (Å²) in [6, 6.07) is 10.6. The summed E-state index contributed by atoms with van der Waals surface area (Å²) in [7, 11) is 1.75. The van der Waals surface area contributed by atoms with Crippen LogP contribution in [0.1, 0.15) is 18.2 Å². The predicted molar refractivity (Wildman–Crippen MR) is 77.8 cm³/mol. The maximum atomic E-state index is 12.1. The average molecular weight is 284 g/mol. The van der Waals surface area contributed by atoms with E-state index in [0.29, 0.717) is 17.1 Å². The molecule has 108 valence electrons. The van der Waals surface area contributed by atoms with Crippen molar-refractivity contribution >= 4 is 11.7 Å². The lowest BCUT2D eigenvalue weighted by molar-refractivity contribution is -0.122. The van der Waals surface area contributed by atoms with Crippen LogP contribution in [-0.2, 0) is 11.8 Å². The summed E-state index contributed by atoms with van der Waals surface area (Å²) in [4.78, 5) is 12.1. The summed E-state index contributed by atoms with van der Waals surface area (Å²) >= 11 is 0. The fourth-order valence-electron chi connectivity index (χ4n) is 1.86. The van der Waals surface area contributed by atoms with Gasteiger partial charge in [0.25, 0.3) is 5.91 Å². The third-order valence-electron chi connectivity index (χ3n) is 2.93. The molecule has 0 fully saturated rings. The van der Waals surface area contributed by atoms with E-state index in [2.05, 4.69) is 10.4 Å². The Hall–Kier alpha value is -2.81. The van der Waals surface area contributed by atoms with Gasteiger partial charge in [0.1, 0.15) is 17.6 Å². The number of amides is 1. The van der Waals surface area contributed by atoms with E-state index < -0.39 is 6.10 Å². The van der Waals surface area contributed by atoms with E-state index in [1.807, 2.05) is 13.0 Å². The number of nitrogens with zero attached hydrogens (tertiary/aromatic N) is 3. The smallest absolute Gasteiger partial charge is 0.266 e. The van der Waals surface area contributed by atoms with Crippen LogP contribution in [0.25, 0.3) is 0 Å². The van der Waals surface area contributed by atoms with Gasteiger partial charge in [0.2, 0.25) is 0 Å². The van der Waals surface area contributed by atoms with Gasteiger partial charge in [-0.3, -0.25) is 9.48 Å². The minimum atomic E-state index is -0.727. The highest BCUT2D eigenvalue weighted by atomic mass is 16.5. The fraction of sp³-hybridized carbons (Fsp3) is 0.267. The Bertz CT molecular complexity index is 700. The third kappa shape index (κ3) is 3.39. The van der Waals surface area contributed by atoms with Crippen LogP contribution in [0.15, 0.2) is 30.3 Å². The molecule has 0 spiro atoms. The molecule has 6 heteroatoms. The molecule has 2 rings (SSSR count). The molecule has 1 N–H and O–H groups in total. The van der Waals surface area contributed by atoms with Crippen LogP contribution < -0.4 is 10.1 Å². The summed E-state index contributed by atoms with van der Waals surface area (Å²) in [6.45, 7) is 3.48. The van der Waals surface area contributed by atoms with Crippen molar-refractivity contribution < 1.29 is 9.53 Å². The Balaban J connectivity index is 2.06. The summed E-state index contributed by atoms with van der Waals surface area (Å²) in [5.41, 5.74) is 1.21.